The van der Waals surface area contributed by atoms with Crippen molar-refractivity contribution >= 4 is 12.0 Å². The van der Waals surface area contributed by atoms with Crippen LogP contribution in [0.4, 0.5) is 4.79 Å². The van der Waals surface area contributed by atoms with Gasteiger partial charge in [-0.25, -0.2) is 9.59 Å². The number of carboxylic acid groups (broad SMARTS) is 1. The number of carboxylic acids is 1. The maximum Gasteiger partial charge on any atom is 0.332 e. The monoisotopic (exact) mass is 296 g/mol. The second-order valence-corrected chi connectivity index (χ2v) is 5.03. The number of hydrogen-bond acceptors (Lipinski definition) is 4. The molecule has 2 amide bonds. The molecule has 8 heteroatoms. The van der Waals surface area contributed by atoms with E-state index in [2.05, 4.69) is 15.7 Å². The molecule has 0 aliphatic carbocycles. The van der Waals surface area contributed by atoms with Crippen molar-refractivity contribution in [1.82, 2.24) is 20.4 Å². The van der Waals surface area contributed by atoms with Gasteiger partial charge in [-0.2, -0.15) is 5.10 Å². The molecule has 8 nitrogen and oxygen atoms in total. The summed E-state index contributed by atoms with van der Waals surface area (Å²) >= 11 is 0. The summed E-state index contributed by atoms with van der Waals surface area (Å²) in [5.41, 5.74) is 0.918. The highest BCUT2D eigenvalue weighted by Gasteiger charge is 2.30. The van der Waals surface area contributed by atoms with Gasteiger partial charge in [-0.3, -0.25) is 4.68 Å². The van der Waals surface area contributed by atoms with Crippen LogP contribution >= 0.6 is 0 Å². The number of carbonyl (C=O) groups excluding carboxylic acids is 1. The van der Waals surface area contributed by atoms with E-state index >= 15 is 0 Å². The van der Waals surface area contributed by atoms with Crippen LogP contribution in [0, 0.1) is 0 Å². The van der Waals surface area contributed by atoms with Gasteiger partial charge in [0.15, 0.2) is 6.10 Å². The first-order valence-corrected chi connectivity index (χ1v) is 6.93. The van der Waals surface area contributed by atoms with Crippen LogP contribution in [0.15, 0.2) is 12.3 Å². The molecule has 21 heavy (non-hydrogen) atoms. The summed E-state index contributed by atoms with van der Waals surface area (Å²) in [5, 5.41) is 18.4. The molecule has 1 aromatic heterocycles. The Hall–Kier alpha value is -2.09. The number of aromatic nitrogens is 2. The van der Waals surface area contributed by atoms with Crippen LogP contribution in [-0.2, 0) is 23.0 Å². The van der Waals surface area contributed by atoms with Gasteiger partial charge in [-0.15, -0.1) is 0 Å². The number of nitrogens with zero attached hydrogens (tertiary/aromatic N) is 2. The number of amides is 2. The van der Waals surface area contributed by atoms with Crippen molar-refractivity contribution in [2.45, 2.75) is 31.5 Å². The smallest absolute Gasteiger partial charge is 0.332 e. The number of carbonyl (C=O) groups is 2. The van der Waals surface area contributed by atoms with Crippen molar-refractivity contribution in [3.8, 4) is 0 Å². The molecule has 2 unspecified atom stereocenters. The third-order valence-electron chi connectivity index (χ3n) is 3.31. The highest BCUT2D eigenvalue weighted by Crippen LogP contribution is 2.19. The minimum atomic E-state index is -0.947. The van der Waals surface area contributed by atoms with E-state index in [1.54, 1.807) is 4.68 Å². The molecular weight excluding hydrogens is 276 g/mol. The minimum absolute atomic E-state index is 0.229. The molecule has 1 aliphatic heterocycles. The van der Waals surface area contributed by atoms with Crippen molar-refractivity contribution in [2.24, 2.45) is 7.05 Å². The van der Waals surface area contributed by atoms with Crippen molar-refractivity contribution in [1.29, 1.82) is 0 Å². The summed E-state index contributed by atoms with van der Waals surface area (Å²) in [4.78, 5) is 22.3. The molecular formula is C13H20N4O4. The van der Waals surface area contributed by atoms with Crippen LogP contribution in [-0.4, -0.2) is 52.2 Å². The zero-order valence-electron chi connectivity index (χ0n) is 11.9. The maximum atomic E-state index is 11.6. The second-order valence-electron chi connectivity index (χ2n) is 5.03. The second kappa shape index (κ2) is 7.07. The molecule has 0 spiro atoms. The Morgan fingerprint density at radius 2 is 2.29 bits per heavy atom. The number of hydrogen-bond donors (Lipinski definition) is 3. The number of ether oxygens (including phenoxy) is 1. The molecule has 0 radical (unpaired) electrons. The Labute approximate surface area is 122 Å². The van der Waals surface area contributed by atoms with E-state index in [9.17, 15) is 9.59 Å². The lowest BCUT2D eigenvalue weighted by molar-refractivity contribution is -0.149. The van der Waals surface area contributed by atoms with Gasteiger partial charge in [-0.1, -0.05) is 0 Å². The molecule has 0 bridgehead atoms. The predicted octanol–water partition coefficient (Wildman–Crippen LogP) is -0.106. The lowest BCUT2D eigenvalue weighted by atomic mass is 10.2. The standard InChI is InChI=1S/C13H20N4O4/c1-17-7-5-9(16-17)4-6-14-13(20)15-8-10-2-3-11(21-10)12(18)19/h5,7,10-11H,2-4,6,8H2,1H3,(H,18,19)(H2,14,15,20). The highest BCUT2D eigenvalue weighted by atomic mass is 16.5. The predicted molar refractivity (Wildman–Crippen MR) is 73.8 cm³/mol. The number of rotatable bonds is 6. The first-order chi connectivity index (χ1) is 10.0. The largest absolute Gasteiger partial charge is 0.479 e. The van der Waals surface area contributed by atoms with Crippen LogP contribution in [0.25, 0.3) is 0 Å². The van der Waals surface area contributed by atoms with Gasteiger partial charge >= 0.3 is 12.0 Å². The Balaban J connectivity index is 1.59. The molecule has 116 valence electrons. The molecule has 1 saturated heterocycles. The Kier molecular flexibility index (Phi) is 5.15. The van der Waals surface area contributed by atoms with E-state index in [0.717, 1.165) is 5.69 Å². The van der Waals surface area contributed by atoms with Gasteiger partial charge in [0.1, 0.15) is 0 Å². The van der Waals surface area contributed by atoms with Crippen LogP contribution in [0.2, 0.25) is 0 Å². The number of aryl methyl sites for hydroxylation is 1. The third kappa shape index (κ3) is 4.75. The lowest BCUT2D eigenvalue weighted by Crippen LogP contribution is -2.40. The van der Waals surface area contributed by atoms with Gasteiger partial charge in [0.25, 0.3) is 0 Å². The molecule has 0 aromatic carbocycles. The van der Waals surface area contributed by atoms with E-state index < -0.39 is 12.1 Å². The zero-order valence-corrected chi connectivity index (χ0v) is 11.9. The summed E-state index contributed by atoms with van der Waals surface area (Å²) in [5.74, 6) is -0.947. The van der Waals surface area contributed by atoms with Gasteiger partial charge in [0, 0.05) is 32.8 Å². The molecule has 1 fully saturated rings. The summed E-state index contributed by atoms with van der Waals surface area (Å²) < 4.78 is 7.01. The van der Waals surface area contributed by atoms with E-state index in [-0.39, 0.29) is 12.1 Å². The molecule has 2 atom stereocenters. The van der Waals surface area contributed by atoms with Crippen molar-refractivity contribution < 1.29 is 19.4 Å². The van der Waals surface area contributed by atoms with Gasteiger partial charge in [-0.05, 0) is 18.9 Å². The van der Waals surface area contributed by atoms with E-state index in [1.807, 2.05) is 19.3 Å². The van der Waals surface area contributed by atoms with Gasteiger partial charge in [0.2, 0.25) is 0 Å². The van der Waals surface area contributed by atoms with E-state index in [0.29, 0.717) is 32.4 Å². The summed E-state index contributed by atoms with van der Waals surface area (Å²) in [7, 11) is 1.84. The molecule has 3 N–H and O–H groups in total. The first kappa shape index (κ1) is 15.3. The average Bonchev–Trinajstić information content (AvgIpc) is 3.05. The van der Waals surface area contributed by atoms with Crippen LogP contribution < -0.4 is 10.6 Å². The third-order valence-corrected chi connectivity index (χ3v) is 3.31. The molecule has 0 saturated carbocycles. The lowest BCUT2D eigenvalue weighted by Gasteiger charge is -2.12. The maximum absolute atomic E-state index is 11.6. The highest BCUT2D eigenvalue weighted by molar-refractivity contribution is 5.74. The quantitative estimate of drug-likeness (QED) is 0.679. The first-order valence-electron chi connectivity index (χ1n) is 6.93. The Morgan fingerprint density at radius 1 is 1.48 bits per heavy atom. The molecule has 1 aliphatic rings. The Morgan fingerprint density at radius 3 is 2.90 bits per heavy atom. The summed E-state index contributed by atoms with van der Waals surface area (Å²) in [6.45, 7) is 0.811. The topological polar surface area (TPSA) is 105 Å². The molecule has 2 rings (SSSR count). The van der Waals surface area contributed by atoms with Crippen molar-refractivity contribution in [3.05, 3.63) is 18.0 Å². The number of aliphatic carboxylic acids is 1. The normalized spacial score (nSPS) is 21.2. The van der Waals surface area contributed by atoms with Crippen molar-refractivity contribution in [2.75, 3.05) is 13.1 Å². The van der Waals surface area contributed by atoms with E-state index in [1.165, 1.54) is 0 Å². The Bertz CT molecular complexity index is 502. The van der Waals surface area contributed by atoms with Gasteiger partial charge < -0.3 is 20.5 Å². The van der Waals surface area contributed by atoms with Crippen LogP contribution in [0.1, 0.15) is 18.5 Å². The molecule has 1 aromatic rings. The zero-order chi connectivity index (χ0) is 15.2. The van der Waals surface area contributed by atoms with E-state index in [4.69, 9.17) is 9.84 Å². The average molecular weight is 296 g/mol. The number of urea groups is 1. The van der Waals surface area contributed by atoms with Gasteiger partial charge in [0.05, 0.1) is 11.8 Å². The minimum Gasteiger partial charge on any atom is -0.479 e. The summed E-state index contributed by atoms with van der Waals surface area (Å²) in [6.07, 6.45) is 2.67. The molecule has 2 heterocycles. The fourth-order valence-electron chi connectivity index (χ4n) is 2.21. The fraction of sp³-hybridized carbons (Fsp3) is 0.615. The summed E-state index contributed by atoms with van der Waals surface area (Å²) in [6, 6.07) is 1.62. The van der Waals surface area contributed by atoms with Crippen LogP contribution in [0.5, 0.6) is 0 Å². The fourth-order valence-corrected chi connectivity index (χ4v) is 2.21. The van der Waals surface area contributed by atoms with Crippen LogP contribution in [0.3, 0.4) is 0 Å². The van der Waals surface area contributed by atoms with Crippen molar-refractivity contribution in [3.63, 3.8) is 0 Å². The SMILES string of the molecule is Cn1ccc(CCNC(=O)NCC2CCC(C(=O)O)O2)n1. The number of nitrogens with one attached hydrogen (secondary N) is 2.